The van der Waals surface area contributed by atoms with Crippen LogP contribution in [0.25, 0.3) is 0 Å². The Morgan fingerprint density at radius 3 is 2.88 bits per heavy atom. The largest absolute Gasteiger partial charge is 0.355 e. The molecule has 0 saturated heterocycles. The van der Waals surface area contributed by atoms with Gasteiger partial charge < -0.3 is 5.32 Å². The number of nitrogens with one attached hydrogen (secondary N) is 1. The van der Waals surface area contributed by atoms with Crippen LogP contribution in [-0.2, 0) is 17.8 Å². The first-order valence-electron chi connectivity index (χ1n) is 8.98. The van der Waals surface area contributed by atoms with Crippen LogP contribution < -0.4 is 5.32 Å². The number of hydrogen-bond acceptors (Lipinski definition) is 4. The van der Waals surface area contributed by atoms with Crippen molar-refractivity contribution in [1.82, 2.24) is 20.2 Å². The van der Waals surface area contributed by atoms with Gasteiger partial charge in [-0.2, -0.15) is 0 Å². The molecular formula is C20H26N4O. The first-order valence-corrected chi connectivity index (χ1v) is 8.98. The Balaban J connectivity index is 1.83. The summed E-state index contributed by atoms with van der Waals surface area (Å²) in [5.74, 6) is 0.0103. The molecule has 0 bridgehead atoms. The smallest absolute Gasteiger partial charge is 0.216 e. The molecule has 25 heavy (non-hydrogen) atoms. The maximum atomic E-state index is 11.3. The predicted octanol–water partition coefficient (Wildman–Crippen LogP) is 2.80. The fourth-order valence-corrected chi connectivity index (χ4v) is 3.54. The fourth-order valence-electron chi connectivity index (χ4n) is 3.54. The summed E-state index contributed by atoms with van der Waals surface area (Å²) in [6.45, 7) is 5.86. The van der Waals surface area contributed by atoms with Gasteiger partial charge in [-0.05, 0) is 49.4 Å². The Kier molecular flexibility index (Phi) is 5.76. The van der Waals surface area contributed by atoms with Crippen LogP contribution in [-0.4, -0.2) is 33.9 Å². The maximum Gasteiger partial charge on any atom is 0.216 e. The summed E-state index contributed by atoms with van der Waals surface area (Å²) >= 11 is 0. The Labute approximate surface area is 149 Å². The van der Waals surface area contributed by atoms with E-state index in [1.165, 1.54) is 23.2 Å². The van der Waals surface area contributed by atoms with Gasteiger partial charge in [0, 0.05) is 39.0 Å². The molecule has 3 rings (SSSR count). The van der Waals surface area contributed by atoms with E-state index in [0.29, 0.717) is 6.54 Å². The zero-order valence-electron chi connectivity index (χ0n) is 15.0. The molecule has 0 aromatic carbocycles. The van der Waals surface area contributed by atoms with E-state index in [-0.39, 0.29) is 11.9 Å². The standard InChI is InChI=1S/C20H26N4O/c1-15-6-4-10-22-18(15)14-24(13-12-21-16(2)25)19-9-3-7-17-8-5-11-23-20(17)19/h4-6,8,10-11,19H,3,7,9,12-14H2,1-2H3,(H,21,25)/t19-/m0/s1. The Bertz CT molecular complexity index is 731. The van der Waals surface area contributed by atoms with Crippen molar-refractivity contribution in [2.24, 2.45) is 0 Å². The monoisotopic (exact) mass is 338 g/mol. The highest BCUT2D eigenvalue weighted by molar-refractivity contribution is 5.72. The van der Waals surface area contributed by atoms with Gasteiger partial charge in [0.1, 0.15) is 0 Å². The molecule has 1 amide bonds. The van der Waals surface area contributed by atoms with E-state index >= 15 is 0 Å². The van der Waals surface area contributed by atoms with Crippen LogP contribution >= 0.6 is 0 Å². The number of aryl methyl sites for hydroxylation is 2. The van der Waals surface area contributed by atoms with Gasteiger partial charge in [-0.3, -0.25) is 19.7 Å². The van der Waals surface area contributed by atoms with Crippen LogP contribution in [0.15, 0.2) is 36.7 Å². The van der Waals surface area contributed by atoms with Gasteiger partial charge in [0.15, 0.2) is 0 Å². The van der Waals surface area contributed by atoms with Crippen molar-refractivity contribution in [3.05, 3.63) is 59.2 Å². The molecule has 0 spiro atoms. The third kappa shape index (κ3) is 4.42. The van der Waals surface area contributed by atoms with E-state index in [0.717, 1.165) is 31.6 Å². The fraction of sp³-hybridized carbons (Fsp3) is 0.450. The third-order valence-corrected chi connectivity index (χ3v) is 4.85. The number of carbonyl (C=O) groups excluding carboxylic acids is 1. The lowest BCUT2D eigenvalue weighted by Gasteiger charge is -2.35. The Morgan fingerprint density at radius 2 is 2.08 bits per heavy atom. The van der Waals surface area contributed by atoms with Gasteiger partial charge in [0.2, 0.25) is 5.91 Å². The molecule has 0 saturated carbocycles. The molecule has 2 aromatic rings. The summed E-state index contributed by atoms with van der Waals surface area (Å²) in [4.78, 5) is 22.9. The van der Waals surface area contributed by atoms with Crippen molar-refractivity contribution in [1.29, 1.82) is 0 Å². The first-order chi connectivity index (χ1) is 12.1. The molecule has 1 aliphatic carbocycles. The Morgan fingerprint density at radius 1 is 1.28 bits per heavy atom. The SMILES string of the molecule is CC(=O)NCCN(Cc1ncccc1C)[C@H]1CCCc2cccnc21. The number of hydrogen-bond donors (Lipinski definition) is 1. The minimum Gasteiger partial charge on any atom is -0.355 e. The molecule has 5 heteroatoms. The van der Waals surface area contributed by atoms with Crippen LogP contribution in [0.1, 0.15) is 48.3 Å². The van der Waals surface area contributed by atoms with Crippen LogP contribution in [0.5, 0.6) is 0 Å². The van der Waals surface area contributed by atoms with E-state index in [1.807, 2.05) is 24.5 Å². The van der Waals surface area contributed by atoms with Crippen molar-refractivity contribution in [3.8, 4) is 0 Å². The molecule has 0 aliphatic heterocycles. The molecule has 5 nitrogen and oxygen atoms in total. The lowest BCUT2D eigenvalue weighted by atomic mass is 9.90. The number of pyridine rings is 2. The second-order valence-corrected chi connectivity index (χ2v) is 6.68. The topological polar surface area (TPSA) is 58.1 Å². The van der Waals surface area contributed by atoms with Crippen molar-refractivity contribution in [2.45, 2.75) is 45.7 Å². The van der Waals surface area contributed by atoms with E-state index in [2.05, 4.69) is 39.2 Å². The predicted molar refractivity (Wildman–Crippen MR) is 98.0 cm³/mol. The van der Waals surface area contributed by atoms with E-state index in [4.69, 9.17) is 0 Å². The second-order valence-electron chi connectivity index (χ2n) is 6.68. The van der Waals surface area contributed by atoms with E-state index < -0.39 is 0 Å². The van der Waals surface area contributed by atoms with Gasteiger partial charge in [-0.15, -0.1) is 0 Å². The van der Waals surface area contributed by atoms with Gasteiger partial charge >= 0.3 is 0 Å². The molecule has 0 radical (unpaired) electrons. The highest BCUT2D eigenvalue weighted by atomic mass is 16.1. The van der Waals surface area contributed by atoms with Crippen LogP contribution in [0.4, 0.5) is 0 Å². The summed E-state index contributed by atoms with van der Waals surface area (Å²) < 4.78 is 0. The zero-order chi connectivity index (χ0) is 17.6. The number of aromatic nitrogens is 2. The molecule has 2 aromatic heterocycles. The van der Waals surface area contributed by atoms with Crippen LogP contribution in [0.3, 0.4) is 0 Å². The minimum atomic E-state index is 0.0103. The van der Waals surface area contributed by atoms with E-state index in [1.54, 1.807) is 6.92 Å². The molecule has 2 heterocycles. The second kappa shape index (κ2) is 8.21. The lowest BCUT2D eigenvalue weighted by Crippen LogP contribution is -2.38. The third-order valence-electron chi connectivity index (χ3n) is 4.85. The number of amides is 1. The molecule has 1 atom stereocenters. The van der Waals surface area contributed by atoms with Gasteiger partial charge in [-0.1, -0.05) is 12.1 Å². The maximum absolute atomic E-state index is 11.3. The zero-order valence-corrected chi connectivity index (χ0v) is 15.0. The summed E-state index contributed by atoms with van der Waals surface area (Å²) in [6.07, 6.45) is 7.09. The summed E-state index contributed by atoms with van der Waals surface area (Å²) in [6, 6.07) is 8.55. The highest BCUT2D eigenvalue weighted by Gasteiger charge is 2.27. The number of carbonyl (C=O) groups is 1. The van der Waals surface area contributed by atoms with Gasteiger partial charge in [-0.25, -0.2) is 0 Å². The van der Waals surface area contributed by atoms with Crippen molar-refractivity contribution < 1.29 is 4.79 Å². The number of nitrogens with zero attached hydrogens (tertiary/aromatic N) is 3. The lowest BCUT2D eigenvalue weighted by molar-refractivity contribution is -0.119. The van der Waals surface area contributed by atoms with E-state index in [9.17, 15) is 4.79 Å². The first kappa shape index (κ1) is 17.5. The molecule has 132 valence electrons. The average molecular weight is 338 g/mol. The van der Waals surface area contributed by atoms with Gasteiger partial charge in [0.05, 0.1) is 17.4 Å². The van der Waals surface area contributed by atoms with Crippen molar-refractivity contribution in [2.75, 3.05) is 13.1 Å². The van der Waals surface area contributed by atoms with Crippen molar-refractivity contribution in [3.63, 3.8) is 0 Å². The normalized spacial score (nSPS) is 16.5. The number of rotatable bonds is 6. The average Bonchev–Trinajstić information content (AvgIpc) is 2.62. The molecule has 0 fully saturated rings. The minimum absolute atomic E-state index is 0.0103. The molecular weight excluding hydrogens is 312 g/mol. The molecule has 0 unspecified atom stereocenters. The summed E-state index contributed by atoms with van der Waals surface area (Å²) in [5.41, 5.74) is 4.82. The quantitative estimate of drug-likeness (QED) is 0.880. The summed E-state index contributed by atoms with van der Waals surface area (Å²) in [5, 5.41) is 2.92. The van der Waals surface area contributed by atoms with Gasteiger partial charge in [0.25, 0.3) is 0 Å². The number of fused-ring (bicyclic) bond motifs is 1. The van der Waals surface area contributed by atoms with Crippen molar-refractivity contribution >= 4 is 5.91 Å². The Hall–Kier alpha value is -2.27. The molecule has 1 N–H and O–H groups in total. The van der Waals surface area contributed by atoms with Crippen LogP contribution in [0, 0.1) is 6.92 Å². The summed E-state index contributed by atoms with van der Waals surface area (Å²) in [7, 11) is 0. The highest BCUT2D eigenvalue weighted by Crippen LogP contribution is 2.33. The molecule has 1 aliphatic rings. The van der Waals surface area contributed by atoms with Crippen LogP contribution in [0.2, 0.25) is 0 Å².